The van der Waals surface area contributed by atoms with E-state index >= 15 is 0 Å². The first kappa shape index (κ1) is 25.1. The first-order valence-corrected chi connectivity index (χ1v) is 11.8. The standard InChI is InChI=1S/C25H45NO2/c1-2-3-4-5-6-7-8-9-10-11-12-13-17-20-25(27)24(26)22-28-21-23-18-15-14-16-19-23/h14-16,18-19,24-25,27H,2-13,17,20-22,26H2,1H3/t24-,25+/m1/s1. The van der Waals surface area contributed by atoms with Gasteiger partial charge < -0.3 is 15.6 Å². The van der Waals surface area contributed by atoms with Crippen LogP contribution in [0.15, 0.2) is 30.3 Å². The fraction of sp³-hybridized carbons (Fsp3) is 0.760. The smallest absolute Gasteiger partial charge is 0.0717 e. The second kappa shape index (κ2) is 18.1. The minimum Gasteiger partial charge on any atom is -0.391 e. The summed E-state index contributed by atoms with van der Waals surface area (Å²) in [6.07, 6.45) is 17.8. The number of ether oxygens (including phenoxy) is 1. The molecular formula is C25H45NO2. The molecule has 0 bridgehead atoms. The summed E-state index contributed by atoms with van der Waals surface area (Å²) in [5.74, 6) is 0. The van der Waals surface area contributed by atoms with Crippen molar-refractivity contribution in [3.8, 4) is 0 Å². The van der Waals surface area contributed by atoms with E-state index in [4.69, 9.17) is 10.5 Å². The van der Waals surface area contributed by atoms with Gasteiger partial charge in [-0.15, -0.1) is 0 Å². The average Bonchev–Trinajstić information content (AvgIpc) is 2.72. The molecule has 2 atom stereocenters. The van der Waals surface area contributed by atoms with Gasteiger partial charge >= 0.3 is 0 Å². The monoisotopic (exact) mass is 391 g/mol. The normalized spacial score (nSPS) is 13.5. The third-order valence-electron chi connectivity index (χ3n) is 5.52. The van der Waals surface area contributed by atoms with Crippen LogP contribution in [0.2, 0.25) is 0 Å². The van der Waals surface area contributed by atoms with E-state index in [0.29, 0.717) is 13.2 Å². The van der Waals surface area contributed by atoms with Crippen LogP contribution in [0.1, 0.15) is 102 Å². The molecule has 3 heteroatoms. The second-order valence-corrected chi connectivity index (χ2v) is 8.26. The molecule has 1 aromatic carbocycles. The van der Waals surface area contributed by atoms with E-state index < -0.39 is 6.10 Å². The second-order valence-electron chi connectivity index (χ2n) is 8.26. The van der Waals surface area contributed by atoms with Gasteiger partial charge in [0.2, 0.25) is 0 Å². The topological polar surface area (TPSA) is 55.5 Å². The fourth-order valence-corrected chi connectivity index (χ4v) is 3.58. The Morgan fingerprint density at radius 2 is 1.29 bits per heavy atom. The van der Waals surface area contributed by atoms with Crippen molar-refractivity contribution in [2.75, 3.05) is 6.61 Å². The molecule has 0 amide bonds. The predicted octanol–water partition coefficient (Wildman–Crippen LogP) is 6.37. The number of hydrogen-bond donors (Lipinski definition) is 2. The molecule has 0 aromatic heterocycles. The van der Waals surface area contributed by atoms with Crippen LogP contribution in [0.4, 0.5) is 0 Å². The highest BCUT2D eigenvalue weighted by Gasteiger charge is 2.14. The van der Waals surface area contributed by atoms with Crippen LogP contribution in [0, 0.1) is 0 Å². The molecule has 0 aliphatic carbocycles. The third-order valence-corrected chi connectivity index (χ3v) is 5.52. The Balaban J connectivity index is 1.86. The number of benzene rings is 1. The van der Waals surface area contributed by atoms with Crippen molar-refractivity contribution in [3.63, 3.8) is 0 Å². The van der Waals surface area contributed by atoms with Gasteiger partial charge in [0.15, 0.2) is 0 Å². The van der Waals surface area contributed by atoms with Crippen molar-refractivity contribution in [3.05, 3.63) is 35.9 Å². The van der Waals surface area contributed by atoms with E-state index in [1.165, 1.54) is 77.0 Å². The first-order valence-electron chi connectivity index (χ1n) is 11.8. The molecule has 1 rings (SSSR count). The summed E-state index contributed by atoms with van der Waals surface area (Å²) in [7, 11) is 0. The SMILES string of the molecule is CCCCCCCCCCCCCCC[C@H](O)[C@H](N)COCc1ccccc1. The zero-order chi connectivity index (χ0) is 20.3. The average molecular weight is 392 g/mol. The lowest BCUT2D eigenvalue weighted by Crippen LogP contribution is -2.38. The van der Waals surface area contributed by atoms with E-state index in [-0.39, 0.29) is 6.04 Å². The van der Waals surface area contributed by atoms with Crippen molar-refractivity contribution in [2.45, 2.75) is 116 Å². The summed E-state index contributed by atoms with van der Waals surface area (Å²) in [5, 5.41) is 10.2. The van der Waals surface area contributed by atoms with Gasteiger partial charge in [-0.3, -0.25) is 0 Å². The number of rotatable bonds is 19. The van der Waals surface area contributed by atoms with Crippen LogP contribution < -0.4 is 5.73 Å². The molecule has 0 saturated carbocycles. The van der Waals surface area contributed by atoms with Crippen molar-refractivity contribution in [1.82, 2.24) is 0 Å². The molecule has 0 aliphatic heterocycles. The molecule has 1 aromatic rings. The molecule has 0 unspecified atom stereocenters. The molecule has 0 aliphatic rings. The Labute approximate surface area is 174 Å². The summed E-state index contributed by atoms with van der Waals surface area (Å²) in [4.78, 5) is 0. The van der Waals surface area contributed by atoms with E-state index in [2.05, 4.69) is 6.92 Å². The fourth-order valence-electron chi connectivity index (χ4n) is 3.58. The minimum absolute atomic E-state index is 0.291. The van der Waals surface area contributed by atoms with Crippen LogP contribution >= 0.6 is 0 Å². The van der Waals surface area contributed by atoms with E-state index in [0.717, 1.165) is 18.4 Å². The summed E-state index contributed by atoms with van der Waals surface area (Å²) in [6, 6.07) is 9.78. The highest BCUT2D eigenvalue weighted by molar-refractivity contribution is 5.13. The van der Waals surface area contributed by atoms with Crippen LogP contribution in [-0.4, -0.2) is 23.9 Å². The Morgan fingerprint density at radius 1 is 0.786 bits per heavy atom. The number of aliphatic hydroxyl groups is 1. The Bertz CT molecular complexity index is 437. The summed E-state index contributed by atoms with van der Waals surface area (Å²) >= 11 is 0. The van der Waals surface area contributed by atoms with E-state index in [1.54, 1.807) is 0 Å². The molecule has 28 heavy (non-hydrogen) atoms. The van der Waals surface area contributed by atoms with Gasteiger partial charge in [0.05, 0.1) is 25.4 Å². The van der Waals surface area contributed by atoms with Crippen molar-refractivity contribution >= 4 is 0 Å². The lowest BCUT2D eigenvalue weighted by molar-refractivity contribution is 0.0504. The quantitative estimate of drug-likeness (QED) is 0.269. The largest absolute Gasteiger partial charge is 0.391 e. The third kappa shape index (κ3) is 14.1. The van der Waals surface area contributed by atoms with Crippen LogP contribution in [0.5, 0.6) is 0 Å². The number of unbranched alkanes of at least 4 members (excludes halogenated alkanes) is 12. The zero-order valence-electron chi connectivity index (χ0n) is 18.3. The van der Waals surface area contributed by atoms with Gasteiger partial charge in [-0.1, -0.05) is 121 Å². The lowest BCUT2D eigenvalue weighted by Gasteiger charge is -2.19. The lowest BCUT2D eigenvalue weighted by atomic mass is 10.0. The molecule has 0 heterocycles. The maximum atomic E-state index is 10.2. The Kier molecular flexibility index (Phi) is 16.3. The van der Waals surface area contributed by atoms with Crippen molar-refractivity contribution in [1.29, 1.82) is 0 Å². The molecule has 3 nitrogen and oxygen atoms in total. The highest BCUT2D eigenvalue weighted by Crippen LogP contribution is 2.14. The van der Waals surface area contributed by atoms with Crippen molar-refractivity contribution < 1.29 is 9.84 Å². The number of nitrogens with two attached hydrogens (primary N) is 1. The number of hydrogen-bond acceptors (Lipinski definition) is 3. The number of aliphatic hydroxyl groups excluding tert-OH is 1. The summed E-state index contributed by atoms with van der Waals surface area (Å²) < 4.78 is 5.64. The minimum atomic E-state index is -0.455. The van der Waals surface area contributed by atoms with Gasteiger partial charge in [-0.05, 0) is 12.0 Å². The highest BCUT2D eigenvalue weighted by atomic mass is 16.5. The predicted molar refractivity (Wildman–Crippen MR) is 120 cm³/mol. The molecule has 0 radical (unpaired) electrons. The summed E-state index contributed by atoms with van der Waals surface area (Å²) in [5.41, 5.74) is 7.19. The maximum Gasteiger partial charge on any atom is 0.0717 e. The van der Waals surface area contributed by atoms with Crippen LogP contribution in [0.3, 0.4) is 0 Å². The van der Waals surface area contributed by atoms with Gasteiger partial charge in [-0.2, -0.15) is 0 Å². The van der Waals surface area contributed by atoms with Gasteiger partial charge in [0, 0.05) is 0 Å². The van der Waals surface area contributed by atoms with E-state index in [1.807, 2.05) is 30.3 Å². The maximum absolute atomic E-state index is 10.2. The molecule has 3 N–H and O–H groups in total. The van der Waals surface area contributed by atoms with E-state index in [9.17, 15) is 5.11 Å². The molecule has 162 valence electrons. The zero-order valence-corrected chi connectivity index (χ0v) is 18.3. The molecule has 0 saturated heterocycles. The van der Waals surface area contributed by atoms with Crippen LogP contribution in [-0.2, 0) is 11.3 Å². The van der Waals surface area contributed by atoms with Gasteiger partial charge in [0.1, 0.15) is 0 Å². The molecular weight excluding hydrogens is 346 g/mol. The van der Waals surface area contributed by atoms with Gasteiger partial charge in [-0.25, -0.2) is 0 Å². The molecule has 0 fully saturated rings. The Hall–Kier alpha value is -0.900. The summed E-state index contributed by atoms with van der Waals surface area (Å²) in [6.45, 7) is 3.24. The first-order chi connectivity index (χ1) is 13.7. The van der Waals surface area contributed by atoms with Gasteiger partial charge in [0.25, 0.3) is 0 Å². The van der Waals surface area contributed by atoms with Crippen molar-refractivity contribution in [2.24, 2.45) is 5.73 Å². The van der Waals surface area contributed by atoms with Crippen LogP contribution in [0.25, 0.3) is 0 Å². The molecule has 0 spiro atoms. The Morgan fingerprint density at radius 3 is 1.82 bits per heavy atom.